The molecule has 1 N–H and O–H groups in total. The van der Waals surface area contributed by atoms with Crippen LogP contribution in [0.1, 0.15) is 57.4 Å². The first-order chi connectivity index (χ1) is 9.73. The molecule has 1 saturated heterocycles. The summed E-state index contributed by atoms with van der Waals surface area (Å²) < 4.78 is 0. The SMILES string of the molecule is CCCCCN1CCC2(c3cccc(O)c3)CCC1C2. The van der Waals surface area contributed by atoms with Crippen LogP contribution in [-0.4, -0.2) is 29.1 Å². The molecule has 2 atom stereocenters. The lowest BCUT2D eigenvalue weighted by Gasteiger charge is -2.40. The van der Waals surface area contributed by atoms with Crippen LogP contribution in [-0.2, 0) is 5.41 Å². The van der Waals surface area contributed by atoms with Crippen molar-refractivity contribution < 1.29 is 5.11 Å². The molecule has 0 amide bonds. The number of fused-ring (bicyclic) bond motifs is 2. The molecule has 20 heavy (non-hydrogen) atoms. The molecule has 2 nitrogen and oxygen atoms in total. The Morgan fingerprint density at radius 3 is 3.00 bits per heavy atom. The van der Waals surface area contributed by atoms with Gasteiger partial charge in [0.25, 0.3) is 0 Å². The van der Waals surface area contributed by atoms with E-state index >= 15 is 0 Å². The first kappa shape index (κ1) is 13.9. The molecule has 1 heterocycles. The highest BCUT2D eigenvalue weighted by atomic mass is 16.3. The van der Waals surface area contributed by atoms with Crippen molar-refractivity contribution in [1.82, 2.24) is 4.90 Å². The Labute approximate surface area is 122 Å². The summed E-state index contributed by atoms with van der Waals surface area (Å²) in [7, 11) is 0. The van der Waals surface area contributed by atoms with Gasteiger partial charge in [0.15, 0.2) is 0 Å². The summed E-state index contributed by atoms with van der Waals surface area (Å²) in [5, 5.41) is 9.75. The van der Waals surface area contributed by atoms with E-state index in [1.54, 1.807) is 6.07 Å². The minimum Gasteiger partial charge on any atom is -0.508 e. The largest absolute Gasteiger partial charge is 0.508 e. The van der Waals surface area contributed by atoms with Crippen molar-refractivity contribution >= 4 is 0 Å². The van der Waals surface area contributed by atoms with Crippen LogP contribution < -0.4 is 0 Å². The molecule has 2 bridgehead atoms. The molecule has 1 aliphatic heterocycles. The van der Waals surface area contributed by atoms with Gasteiger partial charge in [-0.05, 0) is 68.3 Å². The predicted molar refractivity (Wildman–Crippen MR) is 83.1 cm³/mol. The first-order valence-electron chi connectivity index (χ1n) is 8.27. The molecular weight excluding hydrogens is 246 g/mol. The van der Waals surface area contributed by atoms with Crippen LogP contribution in [0.2, 0.25) is 0 Å². The van der Waals surface area contributed by atoms with Gasteiger partial charge in [0.05, 0.1) is 0 Å². The Kier molecular flexibility index (Phi) is 4.02. The van der Waals surface area contributed by atoms with Crippen molar-refractivity contribution in [3.8, 4) is 5.75 Å². The van der Waals surface area contributed by atoms with Crippen molar-refractivity contribution in [3.63, 3.8) is 0 Å². The fraction of sp³-hybridized carbons (Fsp3) is 0.667. The predicted octanol–water partition coefficient (Wildman–Crippen LogP) is 4.08. The van der Waals surface area contributed by atoms with Crippen molar-refractivity contribution in [2.24, 2.45) is 0 Å². The lowest BCUT2D eigenvalue weighted by molar-refractivity contribution is 0.138. The normalized spacial score (nSPS) is 29.8. The summed E-state index contributed by atoms with van der Waals surface area (Å²) in [5.74, 6) is 0.422. The first-order valence-corrected chi connectivity index (χ1v) is 8.27. The molecule has 3 rings (SSSR count). The lowest BCUT2D eigenvalue weighted by atomic mass is 9.74. The summed E-state index contributed by atoms with van der Waals surface area (Å²) in [5.41, 5.74) is 1.72. The second-order valence-electron chi connectivity index (χ2n) is 6.72. The van der Waals surface area contributed by atoms with Gasteiger partial charge in [0.1, 0.15) is 5.75 Å². The Bertz CT molecular complexity index is 458. The quantitative estimate of drug-likeness (QED) is 0.817. The number of phenols is 1. The molecule has 0 radical (unpaired) electrons. The standard InChI is InChI=1S/C18H27NO/c1-2-3-4-11-19-12-10-18(9-8-16(19)14-18)15-6-5-7-17(20)13-15/h5-7,13,16,20H,2-4,8-12,14H2,1H3. The summed E-state index contributed by atoms with van der Waals surface area (Å²) in [6.07, 6.45) is 9.22. The molecule has 2 aliphatic rings. The van der Waals surface area contributed by atoms with E-state index in [0.29, 0.717) is 11.2 Å². The molecular formula is C18H27NO. The second-order valence-corrected chi connectivity index (χ2v) is 6.72. The number of hydrogen-bond donors (Lipinski definition) is 1. The van der Waals surface area contributed by atoms with Crippen LogP contribution in [0.4, 0.5) is 0 Å². The van der Waals surface area contributed by atoms with Crippen LogP contribution in [0.5, 0.6) is 5.75 Å². The van der Waals surface area contributed by atoms with Gasteiger partial charge in [0, 0.05) is 6.04 Å². The van der Waals surface area contributed by atoms with Crippen molar-refractivity contribution in [2.75, 3.05) is 13.1 Å². The van der Waals surface area contributed by atoms with Gasteiger partial charge in [-0.15, -0.1) is 0 Å². The van der Waals surface area contributed by atoms with Crippen molar-refractivity contribution in [2.45, 2.75) is 63.3 Å². The Balaban J connectivity index is 1.68. The highest BCUT2D eigenvalue weighted by Gasteiger charge is 2.45. The van der Waals surface area contributed by atoms with E-state index < -0.39 is 0 Å². The van der Waals surface area contributed by atoms with E-state index in [-0.39, 0.29) is 0 Å². The highest BCUT2D eigenvalue weighted by Crippen LogP contribution is 2.49. The molecule has 2 fully saturated rings. The monoisotopic (exact) mass is 273 g/mol. The molecule has 2 heteroatoms. The number of unbranched alkanes of at least 4 members (excludes halogenated alkanes) is 2. The molecule has 0 spiro atoms. The molecule has 110 valence electrons. The van der Waals surface area contributed by atoms with E-state index in [2.05, 4.69) is 17.9 Å². The number of aromatic hydroxyl groups is 1. The average Bonchev–Trinajstić information content (AvgIpc) is 2.81. The number of piperidine rings is 1. The molecule has 1 aromatic rings. The van der Waals surface area contributed by atoms with Gasteiger partial charge in [-0.2, -0.15) is 0 Å². The van der Waals surface area contributed by atoms with Crippen LogP contribution in [0.25, 0.3) is 0 Å². The van der Waals surface area contributed by atoms with Crippen LogP contribution in [0.3, 0.4) is 0 Å². The zero-order valence-electron chi connectivity index (χ0n) is 12.6. The minimum atomic E-state index is 0.352. The number of hydrogen-bond acceptors (Lipinski definition) is 2. The maximum atomic E-state index is 9.75. The van der Waals surface area contributed by atoms with E-state index in [0.717, 1.165) is 6.04 Å². The third-order valence-electron chi connectivity index (χ3n) is 5.48. The van der Waals surface area contributed by atoms with Crippen molar-refractivity contribution in [3.05, 3.63) is 29.8 Å². The number of benzene rings is 1. The number of likely N-dealkylation sites (tertiary alicyclic amines) is 1. The minimum absolute atomic E-state index is 0.352. The van der Waals surface area contributed by atoms with Crippen molar-refractivity contribution in [1.29, 1.82) is 0 Å². The highest BCUT2D eigenvalue weighted by molar-refractivity contribution is 5.35. The zero-order valence-corrected chi connectivity index (χ0v) is 12.6. The summed E-state index contributed by atoms with van der Waals surface area (Å²) in [4.78, 5) is 2.73. The van der Waals surface area contributed by atoms with Gasteiger partial charge in [0.2, 0.25) is 0 Å². The fourth-order valence-corrected chi connectivity index (χ4v) is 4.28. The maximum Gasteiger partial charge on any atom is 0.115 e. The third kappa shape index (κ3) is 2.58. The second kappa shape index (κ2) is 5.77. The summed E-state index contributed by atoms with van der Waals surface area (Å²) >= 11 is 0. The van der Waals surface area contributed by atoms with Crippen LogP contribution >= 0.6 is 0 Å². The smallest absolute Gasteiger partial charge is 0.115 e. The van der Waals surface area contributed by atoms with E-state index in [4.69, 9.17) is 0 Å². The van der Waals surface area contributed by atoms with Gasteiger partial charge in [-0.1, -0.05) is 31.9 Å². The Morgan fingerprint density at radius 2 is 2.20 bits per heavy atom. The third-order valence-corrected chi connectivity index (χ3v) is 5.48. The molecule has 1 aromatic carbocycles. The number of rotatable bonds is 5. The molecule has 1 aliphatic carbocycles. The van der Waals surface area contributed by atoms with E-state index in [1.807, 2.05) is 12.1 Å². The van der Waals surface area contributed by atoms with Gasteiger partial charge in [-0.3, -0.25) is 0 Å². The van der Waals surface area contributed by atoms with E-state index in [1.165, 1.54) is 63.6 Å². The average molecular weight is 273 g/mol. The van der Waals surface area contributed by atoms with Gasteiger partial charge in [-0.25, -0.2) is 0 Å². The number of phenolic OH excluding ortho intramolecular Hbond substituents is 1. The molecule has 1 saturated carbocycles. The van der Waals surface area contributed by atoms with Crippen LogP contribution in [0, 0.1) is 0 Å². The molecule has 0 aromatic heterocycles. The topological polar surface area (TPSA) is 23.5 Å². The van der Waals surface area contributed by atoms with Gasteiger partial charge >= 0.3 is 0 Å². The maximum absolute atomic E-state index is 9.75. The molecule has 2 unspecified atom stereocenters. The van der Waals surface area contributed by atoms with Crippen LogP contribution in [0.15, 0.2) is 24.3 Å². The fourth-order valence-electron chi connectivity index (χ4n) is 4.28. The lowest BCUT2D eigenvalue weighted by Crippen LogP contribution is -2.43. The Hall–Kier alpha value is -1.02. The summed E-state index contributed by atoms with van der Waals surface area (Å²) in [6, 6.07) is 8.78. The number of nitrogens with zero attached hydrogens (tertiary/aromatic N) is 1. The van der Waals surface area contributed by atoms with E-state index in [9.17, 15) is 5.11 Å². The summed E-state index contributed by atoms with van der Waals surface area (Å²) in [6.45, 7) is 4.80. The zero-order chi connectivity index (χ0) is 14.0. The Morgan fingerprint density at radius 1 is 1.30 bits per heavy atom. The van der Waals surface area contributed by atoms with Gasteiger partial charge < -0.3 is 10.0 Å².